The number of anilines is 1. The average Bonchev–Trinajstić information content (AvgIpc) is 3.09. The largest absolute Gasteiger partial charge is 0.384 e. The monoisotopic (exact) mass is 338 g/mol. The molecule has 7 heteroatoms. The number of hydrazone groups is 1. The van der Waals surface area contributed by atoms with Crippen molar-refractivity contribution in [2.24, 2.45) is 15.3 Å². The molecule has 25 heavy (non-hydrogen) atoms. The molecule has 2 heterocycles. The fourth-order valence-electron chi connectivity index (χ4n) is 2.80. The number of aliphatic hydroxyl groups is 1. The number of azo groups is 1. The van der Waals surface area contributed by atoms with Gasteiger partial charge in [-0.15, -0.1) is 0 Å². The second-order valence-corrected chi connectivity index (χ2v) is 5.84. The molecule has 0 radical (unpaired) electrons. The van der Waals surface area contributed by atoms with E-state index >= 15 is 0 Å². The fourth-order valence-corrected chi connectivity index (χ4v) is 2.80. The van der Waals surface area contributed by atoms with Gasteiger partial charge < -0.3 is 14.6 Å². The lowest BCUT2D eigenvalue weighted by molar-refractivity contribution is -0.0445. The number of benzene rings is 2. The Kier molecular flexibility index (Phi) is 4.51. The molecule has 2 bridgehead atoms. The van der Waals surface area contributed by atoms with E-state index in [1.165, 1.54) is 0 Å². The Morgan fingerprint density at radius 1 is 1.00 bits per heavy atom. The molecule has 2 N–H and O–H groups in total. The second kappa shape index (κ2) is 7.10. The van der Waals surface area contributed by atoms with Crippen molar-refractivity contribution in [2.75, 3.05) is 12.0 Å². The van der Waals surface area contributed by atoms with Crippen molar-refractivity contribution in [1.82, 2.24) is 0 Å². The van der Waals surface area contributed by atoms with Crippen molar-refractivity contribution >= 4 is 17.1 Å². The molecule has 0 saturated carbocycles. The number of aliphatic hydroxyl groups excluding tert-OH is 1. The second-order valence-electron chi connectivity index (χ2n) is 5.84. The molecule has 0 aromatic heterocycles. The first kappa shape index (κ1) is 15.9. The normalized spacial score (nSPS) is 30.0. The van der Waals surface area contributed by atoms with Crippen LogP contribution in [0, 0.1) is 0 Å². The Bertz CT molecular complexity index is 766. The summed E-state index contributed by atoms with van der Waals surface area (Å²) in [5.74, 6) is 0. The Morgan fingerprint density at radius 2 is 1.72 bits per heavy atom. The minimum Gasteiger partial charge on any atom is -0.384 e. The summed E-state index contributed by atoms with van der Waals surface area (Å²) in [6.07, 6.45) is -1.91. The molecule has 128 valence electrons. The molecule has 0 spiro atoms. The number of hydrogen-bond donors (Lipinski definition) is 2. The van der Waals surface area contributed by atoms with E-state index in [1.807, 2.05) is 60.7 Å². The lowest BCUT2D eigenvalue weighted by Crippen LogP contribution is -2.50. The Hall–Kier alpha value is -2.61. The Balaban J connectivity index is 1.54. The van der Waals surface area contributed by atoms with Crippen LogP contribution in [0.1, 0.15) is 0 Å². The van der Waals surface area contributed by atoms with Crippen molar-refractivity contribution in [2.45, 2.75) is 24.5 Å². The van der Waals surface area contributed by atoms with Gasteiger partial charge in [0.15, 0.2) is 0 Å². The molecular formula is C18H18N4O3. The molecule has 4 rings (SSSR count). The molecule has 2 saturated heterocycles. The summed E-state index contributed by atoms with van der Waals surface area (Å²) in [5, 5.41) is 23.4. The quantitative estimate of drug-likeness (QED) is 0.663. The van der Waals surface area contributed by atoms with Crippen LogP contribution < -0.4 is 5.43 Å². The average molecular weight is 338 g/mol. The maximum atomic E-state index is 10.7. The zero-order chi connectivity index (χ0) is 17.1. The van der Waals surface area contributed by atoms with Crippen molar-refractivity contribution in [3.63, 3.8) is 0 Å². The summed E-state index contributed by atoms with van der Waals surface area (Å²) in [6.45, 7) is 0.352. The third-order valence-electron chi connectivity index (χ3n) is 4.11. The fraction of sp³-hybridized carbons (Fsp3) is 0.278. The van der Waals surface area contributed by atoms with Gasteiger partial charge >= 0.3 is 0 Å². The number of ether oxygens (including phenoxy) is 2. The smallest absolute Gasteiger partial charge is 0.202 e. The summed E-state index contributed by atoms with van der Waals surface area (Å²) in [7, 11) is 0. The van der Waals surface area contributed by atoms with E-state index in [0.717, 1.165) is 11.4 Å². The molecule has 2 aliphatic rings. The van der Waals surface area contributed by atoms with Gasteiger partial charge in [-0.3, -0.25) is 5.43 Å². The molecule has 4 atom stereocenters. The Morgan fingerprint density at radius 3 is 2.48 bits per heavy atom. The van der Waals surface area contributed by atoms with Crippen LogP contribution in [0.2, 0.25) is 0 Å². The van der Waals surface area contributed by atoms with Crippen LogP contribution in [-0.4, -0.2) is 42.0 Å². The predicted molar refractivity (Wildman–Crippen MR) is 92.9 cm³/mol. The molecule has 2 fully saturated rings. The zero-order valence-electron chi connectivity index (χ0n) is 13.4. The zero-order valence-corrected chi connectivity index (χ0v) is 13.4. The van der Waals surface area contributed by atoms with Crippen LogP contribution in [0.25, 0.3) is 0 Å². The molecule has 7 nitrogen and oxygen atoms in total. The van der Waals surface area contributed by atoms with Gasteiger partial charge in [0.1, 0.15) is 24.0 Å². The van der Waals surface area contributed by atoms with Crippen LogP contribution in [0.3, 0.4) is 0 Å². The van der Waals surface area contributed by atoms with Gasteiger partial charge in [0, 0.05) is 0 Å². The van der Waals surface area contributed by atoms with E-state index in [2.05, 4.69) is 20.8 Å². The molecule has 0 aliphatic carbocycles. The van der Waals surface area contributed by atoms with E-state index in [-0.39, 0.29) is 6.10 Å². The number of para-hydroxylation sites is 1. The SMILES string of the molecule is O[C@@H]1/C(=N/Nc2ccccc2)[C@@H]2OC[C@H](O2)[C@H]1N=Nc1ccccc1. The highest BCUT2D eigenvalue weighted by molar-refractivity contribution is 5.94. The minimum atomic E-state index is -0.921. The summed E-state index contributed by atoms with van der Waals surface area (Å²) < 4.78 is 11.3. The van der Waals surface area contributed by atoms with Crippen LogP contribution in [0.5, 0.6) is 0 Å². The topological polar surface area (TPSA) is 87.8 Å². The third-order valence-corrected chi connectivity index (χ3v) is 4.11. The molecule has 2 aliphatic heterocycles. The number of nitrogens with zero attached hydrogens (tertiary/aromatic N) is 3. The highest BCUT2D eigenvalue weighted by Gasteiger charge is 2.48. The van der Waals surface area contributed by atoms with E-state index in [1.54, 1.807) is 0 Å². The number of hydrogen-bond acceptors (Lipinski definition) is 7. The lowest BCUT2D eigenvalue weighted by Gasteiger charge is -2.29. The van der Waals surface area contributed by atoms with Gasteiger partial charge in [-0.1, -0.05) is 36.4 Å². The first-order valence-corrected chi connectivity index (χ1v) is 8.11. The van der Waals surface area contributed by atoms with Gasteiger partial charge in [-0.25, -0.2) is 0 Å². The van der Waals surface area contributed by atoms with Gasteiger partial charge in [0.2, 0.25) is 6.29 Å². The first-order chi connectivity index (χ1) is 12.3. The van der Waals surface area contributed by atoms with E-state index in [9.17, 15) is 5.11 Å². The molecule has 2 aromatic rings. The molecule has 0 unspecified atom stereocenters. The highest BCUT2D eigenvalue weighted by Crippen LogP contribution is 2.29. The first-order valence-electron chi connectivity index (χ1n) is 8.11. The summed E-state index contributed by atoms with van der Waals surface area (Å²) in [6, 6.07) is 18.3. The van der Waals surface area contributed by atoms with Gasteiger partial charge in [-0.2, -0.15) is 15.3 Å². The van der Waals surface area contributed by atoms with Crippen LogP contribution in [-0.2, 0) is 9.47 Å². The number of nitrogens with one attached hydrogen (secondary N) is 1. The third kappa shape index (κ3) is 3.43. The Labute approximate surface area is 145 Å². The standard InChI is InChI=1S/C18H18N4O3/c23-17-15(21-19-12-7-3-1-4-8-12)14-11-24-18(25-14)16(17)22-20-13-9-5-2-6-10-13/h1-10,14-15,17-18,20,23H,11H2/b21-19?,22-16-/t14-,15+,17-,18+/m0/s1. The van der Waals surface area contributed by atoms with Crippen molar-refractivity contribution in [3.8, 4) is 0 Å². The maximum absolute atomic E-state index is 10.7. The van der Waals surface area contributed by atoms with E-state index < -0.39 is 18.4 Å². The predicted octanol–water partition coefficient (Wildman–Crippen LogP) is 2.72. The number of fused-ring (bicyclic) bond motifs is 2. The molecular weight excluding hydrogens is 320 g/mol. The summed E-state index contributed by atoms with van der Waals surface area (Å²) >= 11 is 0. The van der Waals surface area contributed by atoms with Gasteiger partial charge in [0.05, 0.1) is 18.0 Å². The number of rotatable bonds is 4. The van der Waals surface area contributed by atoms with Crippen LogP contribution >= 0.6 is 0 Å². The lowest BCUT2D eigenvalue weighted by atomic mass is 10.00. The van der Waals surface area contributed by atoms with Gasteiger partial charge in [0.25, 0.3) is 0 Å². The van der Waals surface area contributed by atoms with Crippen LogP contribution in [0.4, 0.5) is 11.4 Å². The summed E-state index contributed by atoms with van der Waals surface area (Å²) in [5.41, 5.74) is 4.82. The molecule has 0 amide bonds. The summed E-state index contributed by atoms with van der Waals surface area (Å²) in [4.78, 5) is 0. The van der Waals surface area contributed by atoms with Crippen LogP contribution in [0.15, 0.2) is 76.0 Å². The van der Waals surface area contributed by atoms with Crippen molar-refractivity contribution < 1.29 is 14.6 Å². The molecule has 2 aromatic carbocycles. The minimum absolute atomic E-state index is 0.330. The highest BCUT2D eigenvalue weighted by atomic mass is 16.7. The van der Waals surface area contributed by atoms with Crippen molar-refractivity contribution in [1.29, 1.82) is 0 Å². The van der Waals surface area contributed by atoms with Crippen molar-refractivity contribution in [3.05, 3.63) is 60.7 Å². The van der Waals surface area contributed by atoms with E-state index in [0.29, 0.717) is 12.3 Å². The van der Waals surface area contributed by atoms with E-state index in [4.69, 9.17) is 9.47 Å². The maximum Gasteiger partial charge on any atom is 0.202 e. The van der Waals surface area contributed by atoms with Gasteiger partial charge in [-0.05, 0) is 24.3 Å².